The fraction of sp³-hybridized carbons (Fsp3) is 0.952. The molecule has 3 nitrogen and oxygen atoms in total. The number of hydrogen-bond acceptors (Lipinski definition) is 3. The summed E-state index contributed by atoms with van der Waals surface area (Å²) >= 11 is 0. The molecule has 0 unspecified atom stereocenters. The lowest BCUT2D eigenvalue weighted by atomic mass is 9.45. The molecule has 24 heavy (non-hydrogen) atoms. The highest BCUT2D eigenvalue weighted by molar-refractivity contribution is 5.66. The van der Waals surface area contributed by atoms with Gasteiger partial charge in [0, 0.05) is 12.3 Å². The first-order valence-corrected chi connectivity index (χ1v) is 10.2. The van der Waals surface area contributed by atoms with Crippen LogP contribution < -0.4 is 0 Å². The van der Waals surface area contributed by atoms with E-state index in [1.807, 2.05) is 0 Å². The van der Waals surface area contributed by atoms with Crippen molar-refractivity contribution in [2.24, 2.45) is 34.5 Å². The van der Waals surface area contributed by atoms with E-state index < -0.39 is 6.10 Å². The third-order valence-corrected chi connectivity index (χ3v) is 8.85. The van der Waals surface area contributed by atoms with Crippen LogP contribution in [-0.2, 0) is 9.53 Å². The molecule has 0 saturated heterocycles. The van der Waals surface area contributed by atoms with Crippen molar-refractivity contribution < 1.29 is 14.6 Å². The zero-order chi connectivity index (χ0) is 17.1. The van der Waals surface area contributed by atoms with E-state index in [2.05, 4.69) is 13.8 Å². The van der Waals surface area contributed by atoms with Crippen molar-refractivity contribution in [2.45, 2.75) is 90.8 Å². The van der Waals surface area contributed by atoms with Gasteiger partial charge in [-0.3, -0.25) is 4.79 Å². The number of rotatable bonds is 1. The number of fused-ring (bicyclic) bond motifs is 5. The minimum Gasteiger partial charge on any atom is -0.460 e. The minimum atomic E-state index is -0.482. The third kappa shape index (κ3) is 2.29. The number of esters is 1. The molecule has 0 radical (unpaired) electrons. The summed E-state index contributed by atoms with van der Waals surface area (Å²) in [6, 6.07) is 0. The molecular formula is C21H34O3. The number of carbonyl (C=O) groups is 1. The highest BCUT2D eigenvalue weighted by Gasteiger charge is 2.62. The van der Waals surface area contributed by atoms with Gasteiger partial charge in [0.25, 0.3) is 0 Å². The van der Waals surface area contributed by atoms with Crippen LogP contribution >= 0.6 is 0 Å². The maximum Gasteiger partial charge on any atom is 0.302 e. The molecule has 0 spiro atoms. The standard InChI is InChI=1S/C21H34O3/c1-13(22)24-18-12-17-15-8-7-14-6-4-5-10-20(14,2)16(15)9-11-21(17,3)19(18)23/h14-19,23H,4-12H2,1-3H3/t14-,15-,16-,17-,18-,19-,20+,21+/m1/s1. The van der Waals surface area contributed by atoms with Crippen LogP contribution in [0.2, 0.25) is 0 Å². The van der Waals surface area contributed by atoms with Crippen molar-refractivity contribution in [1.29, 1.82) is 0 Å². The maximum absolute atomic E-state index is 11.4. The van der Waals surface area contributed by atoms with Gasteiger partial charge in [0.05, 0.1) is 6.10 Å². The predicted octanol–water partition coefficient (Wildman–Crippen LogP) is 4.32. The Morgan fingerprint density at radius 3 is 2.54 bits per heavy atom. The van der Waals surface area contributed by atoms with Crippen LogP contribution in [-0.4, -0.2) is 23.3 Å². The fourth-order valence-electron chi connectivity index (χ4n) is 7.58. The number of hydrogen-bond donors (Lipinski definition) is 1. The molecule has 3 heteroatoms. The number of ether oxygens (including phenoxy) is 1. The van der Waals surface area contributed by atoms with Crippen LogP contribution in [0.5, 0.6) is 0 Å². The molecule has 0 aromatic carbocycles. The molecule has 136 valence electrons. The van der Waals surface area contributed by atoms with Gasteiger partial charge in [0.2, 0.25) is 0 Å². The molecule has 0 bridgehead atoms. The zero-order valence-electron chi connectivity index (χ0n) is 15.6. The van der Waals surface area contributed by atoms with Gasteiger partial charge < -0.3 is 9.84 Å². The van der Waals surface area contributed by atoms with Gasteiger partial charge >= 0.3 is 5.97 Å². The van der Waals surface area contributed by atoms with E-state index in [0.29, 0.717) is 11.3 Å². The Morgan fingerprint density at radius 1 is 1.00 bits per heavy atom. The topological polar surface area (TPSA) is 46.5 Å². The van der Waals surface area contributed by atoms with Crippen molar-refractivity contribution in [3.8, 4) is 0 Å². The van der Waals surface area contributed by atoms with E-state index in [1.54, 1.807) is 0 Å². The van der Waals surface area contributed by atoms with Gasteiger partial charge in [-0.2, -0.15) is 0 Å². The van der Waals surface area contributed by atoms with Crippen molar-refractivity contribution >= 4 is 5.97 Å². The van der Waals surface area contributed by atoms with Crippen LogP contribution in [0.4, 0.5) is 0 Å². The Kier molecular flexibility index (Phi) is 4.02. The normalized spacial score (nSPS) is 53.7. The van der Waals surface area contributed by atoms with Crippen molar-refractivity contribution in [3.63, 3.8) is 0 Å². The summed E-state index contributed by atoms with van der Waals surface area (Å²) in [5, 5.41) is 10.9. The Morgan fingerprint density at radius 2 is 1.79 bits per heavy atom. The first-order chi connectivity index (χ1) is 11.4. The molecule has 4 fully saturated rings. The summed E-state index contributed by atoms with van der Waals surface area (Å²) in [6.45, 7) is 6.30. The number of aliphatic hydroxyl groups excluding tert-OH is 1. The largest absolute Gasteiger partial charge is 0.460 e. The lowest BCUT2D eigenvalue weighted by molar-refractivity contribution is -0.154. The van der Waals surface area contributed by atoms with E-state index in [9.17, 15) is 9.90 Å². The van der Waals surface area contributed by atoms with E-state index >= 15 is 0 Å². The van der Waals surface area contributed by atoms with Gasteiger partial charge in [-0.1, -0.05) is 26.7 Å². The lowest BCUT2D eigenvalue weighted by Gasteiger charge is -2.60. The third-order valence-electron chi connectivity index (χ3n) is 8.85. The average molecular weight is 335 g/mol. The summed E-state index contributed by atoms with van der Waals surface area (Å²) in [5.41, 5.74) is 0.464. The van der Waals surface area contributed by atoms with Gasteiger partial charge in [0.1, 0.15) is 6.10 Å². The van der Waals surface area contributed by atoms with Crippen molar-refractivity contribution in [1.82, 2.24) is 0 Å². The minimum absolute atomic E-state index is 0.0564. The molecular weight excluding hydrogens is 300 g/mol. The average Bonchev–Trinajstić information content (AvgIpc) is 2.78. The van der Waals surface area contributed by atoms with Crippen LogP contribution in [0.25, 0.3) is 0 Å². The molecule has 4 aliphatic carbocycles. The fourth-order valence-corrected chi connectivity index (χ4v) is 7.58. The second-order valence-corrected chi connectivity index (χ2v) is 9.78. The summed E-state index contributed by atoms with van der Waals surface area (Å²) in [5.74, 6) is 2.74. The molecule has 0 heterocycles. The summed E-state index contributed by atoms with van der Waals surface area (Å²) in [7, 11) is 0. The van der Waals surface area contributed by atoms with Gasteiger partial charge in [-0.25, -0.2) is 0 Å². The van der Waals surface area contributed by atoms with Crippen molar-refractivity contribution in [2.75, 3.05) is 0 Å². The van der Waals surface area contributed by atoms with E-state index in [-0.39, 0.29) is 17.5 Å². The summed E-state index contributed by atoms with van der Waals surface area (Å²) in [6.07, 6.45) is 10.8. The van der Waals surface area contributed by atoms with Crippen LogP contribution in [0.3, 0.4) is 0 Å². The highest BCUT2D eigenvalue weighted by Crippen LogP contribution is 2.66. The molecule has 4 saturated carbocycles. The van der Waals surface area contributed by atoms with E-state index in [4.69, 9.17) is 4.74 Å². The summed E-state index contributed by atoms with van der Waals surface area (Å²) in [4.78, 5) is 11.4. The first-order valence-electron chi connectivity index (χ1n) is 10.2. The lowest BCUT2D eigenvalue weighted by Crippen LogP contribution is -2.53. The Bertz CT molecular complexity index is 517. The van der Waals surface area contributed by atoms with Crippen LogP contribution in [0.1, 0.15) is 78.6 Å². The first kappa shape index (κ1) is 16.9. The second kappa shape index (κ2) is 5.72. The van der Waals surface area contributed by atoms with Crippen LogP contribution in [0.15, 0.2) is 0 Å². The van der Waals surface area contributed by atoms with Gasteiger partial charge in [-0.15, -0.1) is 0 Å². The quantitative estimate of drug-likeness (QED) is 0.726. The molecule has 0 aromatic rings. The smallest absolute Gasteiger partial charge is 0.302 e. The summed E-state index contributed by atoms with van der Waals surface area (Å²) < 4.78 is 5.50. The molecule has 4 rings (SSSR count). The van der Waals surface area contributed by atoms with E-state index in [1.165, 1.54) is 51.9 Å². The predicted molar refractivity (Wildman–Crippen MR) is 93.3 cm³/mol. The number of aliphatic hydroxyl groups is 1. The zero-order valence-corrected chi connectivity index (χ0v) is 15.6. The monoisotopic (exact) mass is 334 g/mol. The van der Waals surface area contributed by atoms with Gasteiger partial charge in [-0.05, 0) is 74.0 Å². The Balaban J connectivity index is 1.60. The SMILES string of the molecule is CC(=O)O[C@@H]1C[C@@H]2[C@@H]3CC[C@H]4CCCC[C@]4(C)[C@@H]3CC[C@]2(C)[C@@H]1O. The Labute approximate surface area is 146 Å². The highest BCUT2D eigenvalue weighted by atomic mass is 16.6. The van der Waals surface area contributed by atoms with Crippen LogP contribution in [0, 0.1) is 34.5 Å². The molecule has 0 aromatic heterocycles. The van der Waals surface area contributed by atoms with Gasteiger partial charge in [0.15, 0.2) is 0 Å². The Hall–Kier alpha value is -0.570. The molecule has 8 atom stereocenters. The van der Waals surface area contributed by atoms with E-state index in [0.717, 1.165) is 30.6 Å². The molecule has 4 aliphatic rings. The molecule has 0 aliphatic heterocycles. The maximum atomic E-state index is 11.4. The van der Waals surface area contributed by atoms with Crippen molar-refractivity contribution in [3.05, 3.63) is 0 Å². The second-order valence-electron chi connectivity index (χ2n) is 9.78. The molecule has 0 amide bonds. The molecule has 1 N–H and O–H groups in total. The number of carbonyl (C=O) groups excluding carboxylic acids is 1.